The number of nitrogens with two attached hydrogens (primary N) is 1. The van der Waals surface area contributed by atoms with E-state index in [0.717, 1.165) is 12.1 Å². The molecule has 3 rings (SSSR count). The van der Waals surface area contributed by atoms with Crippen LogP contribution in [0.5, 0.6) is 0 Å². The van der Waals surface area contributed by atoms with Crippen LogP contribution in [0, 0.1) is 11.7 Å². The summed E-state index contributed by atoms with van der Waals surface area (Å²) in [5.41, 5.74) is 3.33. The number of hydrogen-bond acceptors (Lipinski definition) is 4. The molecule has 10 heteroatoms. The highest BCUT2D eigenvalue weighted by Crippen LogP contribution is 2.33. The molecule has 2 aromatic rings. The van der Waals surface area contributed by atoms with Gasteiger partial charge in [-0.25, -0.2) is 9.07 Å². The molecule has 0 radical (unpaired) electrons. The van der Waals surface area contributed by atoms with Crippen LogP contribution in [-0.2, 0) is 6.18 Å². The molecule has 0 atom stereocenters. The maximum atomic E-state index is 13.6. The van der Waals surface area contributed by atoms with E-state index < -0.39 is 29.3 Å². The molecule has 26 heavy (non-hydrogen) atoms. The number of likely N-dealkylation sites (tertiary alicyclic amines) is 1. The third-order valence-corrected chi connectivity index (χ3v) is 4.43. The van der Waals surface area contributed by atoms with E-state index in [1.807, 2.05) is 0 Å². The number of aromatic nitrogens is 3. The van der Waals surface area contributed by atoms with Gasteiger partial charge in [-0.1, -0.05) is 11.3 Å². The number of halogens is 4. The van der Waals surface area contributed by atoms with Gasteiger partial charge in [0.05, 0.1) is 5.69 Å². The van der Waals surface area contributed by atoms with Crippen molar-refractivity contribution in [3.63, 3.8) is 0 Å². The second-order valence-electron chi connectivity index (χ2n) is 6.15. The fourth-order valence-electron chi connectivity index (χ4n) is 2.99. The third kappa shape index (κ3) is 3.55. The Morgan fingerprint density at radius 2 is 1.96 bits per heavy atom. The Balaban J connectivity index is 1.97. The molecule has 1 aliphatic heterocycles. The number of nitrogens with zero attached hydrogens (tertiary/aromatic N) is 4. The zero-order valence-corrected chi connectivity index (χ0v) is 13.7. The number of carbonyl (C=O) groups excluding carboxylic acids is 1. The molecular formula is C16H17F4N5O. The van der Waals surface area contributed by atoms with Gasteiger partial charge in [-0.3, -0.25) is 4.79 Å². The van der Waals surface area contributed by atoms with E-state index in [4.69, 9.17) is 5.73 Å². The minimum absolute atomic E-state index is 0.161. The molecule has 2 N–H and O–H groups in total. The van der Waals surface area contributed by atoms with Crippen LogP contribution in [0.25, 0.3) is 5.69 Å². The van der Waals surface area contributed by atoms with E-state index in [2.05, 4.69) is 10.3 Å². The van der Waals surface area contributed by atoms with Gasteiger partial charge in [-0.05, 0) is 43.5 Å². The normalized spacial score (nSPS) is 16.1. The topological polar surface area (TPSA) is 77.0 Å². The second-order valence-corrected chi connectivity index (χ2v) is 6.15. The van der Waals surface area contributed by atoms with Gasteiger partial charge in [-0.2, -0.15) is 13.2 Å². The molecule has 1 saturated heterocycles. The molecule has 2 heterocycles. The fraction of sp³-hybridized carbons (Fsp3) is 0.438. The van der Waals surface area contributed by atoms with Crippen LogP contribution >= 0.6 is 0 Å². The first-order chi connectivity index (χ1) is 12.3. The summed E-state index contributed by atoms with van der Waals surface area (Å²) in [6.07, 6.45) is -3.63. The molecule has 1 fully saturated rings. The number of benzene rings is 1. The van der Waals surface area contributed by atoms with Crippen LogP contribution in [0.4, 0.5) is 17.6 Å². The average Bonchev–Trinajstić information content (AvgIpc) is 3.07. The summed E-state index contributed by atoms with van der Waals surface area (Å²) in [6.45, 7) is 1.10. The minimum atomic E-state index is -4.88. The SMILES string of the molecule is NCC1CCN(C(=O)c2nnn(-c3cccc(F)c3)c2C(F)(F)F)CC1. The zero-order chi connectivity index (χ0) is 18.9. The molecule has 1 aromatic carbocycles. The standard InChI is InChI=1S/C16H17F4N5O/c17-11-2-1-3-12(8-11)25-14(16(18,19)20)13(22-23-25)15(26)24-6-4-10(9-21)5-7-24/h1-3,8,10H,4-7,9,21H2. The van der Waals surface area contributed by atoms with Crippen molar-refractivity contribution in [2.75, 3.05) is 19.6 Å². The van der Waals surface area contributed by atoms with Crippen molar-refractivity contribution in [1.82, 2.24) is 19.9 Å². The Kier molecular flexibility index (Phi) is 4.94. The Labute approximate surface area is 146 Å². The summed E-state index contributed by atoms with van der Waals surface area (Å²) in [5, 5.41) is 6.91. The quantitative estimate of drug-likeness (QED) is 0.840. The molecule has 6 nitrogen and oxygen atoms in total. The van der Waals surface area contributed by atoms with Crippen LogP contribution < -0.4 is 5.73 Å². The van der Waals surface area contributed by atoms with Gasteiger partial charge < -0.3 is 10.6 Å². The Hall–Kier alpha value is -2.49. The van der Waals surface area contributed by atoms with Crippen molar-refractivity contribution in [1.29, 1.82) is 0 Å². The Morgan fingerprint density at radius 3 is 2.54 bits per heavy atom. The van der Waals surface area contributed by atoms with Crippen molar-refractivity contribution in [2.24, 2.45) is 11.7 Å². The summed E-state index contributed by atoms with van der Waals surface area (Å²) < 4.78 is 54.6. The van der Waals surface area contributed by atoms with Gasteiger partial charge in [0.15, 0.2) is 11.4 Å². The van der Waals surface area contributed by atoms with E-state index >= 15 is 0 Å². The summed E-state index contributed by atoms with van der Waals surface area (Å²) in [7, 11) is 0. The maximum absolute atomic E-state index is 13.6. The molecule has 140 valence electrons. The van der Waals surface area contributed by atoms with E-state index in [0.29, 0.717) is 37.2 Å². The number of hydrogen-bond donors (Lipinski definition) is 1. The van der Waals surface area contributed by atoms with Crippen molar-refractivity contribution >= 4 is 5.91 Å². The largest absolute Gasteiger partial charge is 0.435 e. The lowest BCUT2D eigenvalue weighted by molar-refractivity contribution is -0.143. The summed E-state index contributed by atoms with van der Waals surface area (Å²) >= 11 is 0. The smallest absolute Gasteiger partial charge is 0.337 e. The van der Waals surface area contributed by atoms with E-state index in [9.17, 15) is 22.4 Å². The van der Waals surface area contributed by atoms with Crippen LogP contribution in [0.2, 0.25) is 0 Å². The van der Waals surface area contributed by atoms with Crippen LogP contribution in [-0.4, -0.2) is 45.4 Å². The predicted octanol–water partition coefficient (Wildman–Crippen LogP) is 2.24. The first-order valence-corrected chi connectivity index (χ1v) is 8.09. The highest BCUT2D eigenvalue weighted by atomic mass is 19.4. The molecule has 0 unspecified atom stereocenters. The van der Waals surface area contributed by atoms with Gasteiger partial charge in [0.25, 0.3) is 5.91 Å². The first kappa shape index (κ1) is 18.3. The monoisotopic (exact) mass is 371 g/mol. The van der Waals surface area contributed by atoms with Crippen LogP contribution in [0.3, 0.4) is 0 Å². The number of carbonyl (C=O) groups is 1. The number of piperidine rings is 1. The fourth-order valence-corrected chi connectivity index (χ4v) is 2.99. The van der Waals surface area contributed by atoms with Crippen molar-refractivity contribution in [3.8, 4) is 5.69 Å². The first-order valence-electron chi connectivity index (χ1n) is 8.09. The molecule has 0 aliphatic carbocycles. The number of alkyl halides is 3. The summed E-state index contributed by atoms with van der Waals surface area (Å²) in [5.74, 6) is -1.30. The molecular weight excluding hydrogens is 354 g/mol. The molecule has 1 aromatic heterocycles. The van der Waals surface area contributed by atoms with Crippen molar-refractivity contribution < 1.29 is 22.4 Å². The molecule has 1 aliphatic rings. The van der Waals surface area contributed by atoms with Crippen LogP contribution in [0.15, 0.2) is 24.3 Å². The van der Waals surface area contributed by atoms with Gasteiger partial charge in [0.2, 0.25) is 0 Å². The second kappa shape index (κ2) is 7.02. The Bertz CT molecular complexity index is 796. The van der Waals surface area contributed by atoms with E-state index in [-0.39, 0.29) is 11.6 Å². The van der Waals surface area contributed by atoms with E-state index in [1.54, 1.807) is 0 Å². The van der Waals surface area contributed by atoms with Gasteiger partial charge in [0.1, 0.15) is 5.82 Å². The molecule has 1 amide bonds. The molecule has 0 saturated carbocycles. The third-order valence-electron chi connectivity index (χ3n) is 4.43. The lowest BCUT2D eigenvalue weighted by Crippen LogP contribution is -2.41. The summed E-state index contributed by atoms with van der Waals surface area (Å²) in [4.78, 5) is 13.9. The molecule has 0 spiro atoms. The lowest BCUT2D eigenvalue weighted by atomic mass is 9.97. The van der Waals surface area contributed by atoms with Gasteiger partial charge in [0, 0.05) is 13.1 Å². The Morgan fingerprint density at radius 1 is 1.27 bits per heavy atom. The highest BCUT2D eigenvalue weighted by Gasteiger charge is 2.43. The van der Waals surface area contributed by atoms with E-state index in [1.165, 1.54) is 17.0 Å². The number of rotatable bonds is 3. The predicted molar refractivity (Wildman–Crippen MR) is 84.0 cm³/mol. The van der Waals surface area contributed by atoms with Gasteiger partial charge in [-0.15, -0.1) is 5.10 Å². The lowest BCUT2D eigenvalue weighted by Gasteiger charge is -2.31. The van der Waals surface area contributed by atoms with Crippen molar-refractivity contribution in [2.45, 2.75) is 19.0 Å². The minimum Gasteiger partial charge on any atom is -0.337 e. The average molecular weight is 371 g/mol. The van der Waals surface area contributed by atoms with Gasteiger partial charge >= 0.3 is 6.18 Å². The molecule has 0 bridgehead atoms. The number of amides is 1. The van der Waals surface area contributed by atoms with Crippen molar-refractivity contribution in [3.05, 3.63) is 41.5 Å². The summed E-state index contributed by atoms with van der Waals surface area (Å²) in [6, 6.07) is 4.51. The maximum Gasteiger partial charge on any atom is 0.435 e. The van der Waals surface area contributed by atoms with Crippen LogP contribution in [0.1, 0.15) is 29.0 Å². The highest BCUT2D eigenvalue weighted by molar-refractivity contribution is 5.93. The zero-order valence-electron chi connectivity index (χ0n) is 13.7.